The molecular formula is C30H34F4O. The summed E-state index contributed by atoms with van der Waals surface area (Å²) in [5, 5.41) is 1.60. The highest BCUT2D eigenvalue weighted by molar-refractivity contribution is 5.84. The number of aryl methyl sites for hydroxylation is 2. The Labute approximate surface area is 205 Å². The van der Waals surface area contributed by atoms with Crippen LogP contribution in [0.1, 0.15) is 74.5 Å². The van der Waals surface area contributed by atoms with Gasteiger partial charge < -0.3 is 4.74 Å². The summed E-state index contributed by atoms with van der Waals surface area (Å²) in [5.74, 6) is 1.44. The Hall–Kier alpha value is -2.56. The fourth-order valence-electron chi connectivity index (χ4n) is 5.28. The third-order valence-corrected chi connectivity index (χ3v) is 7.35. The Bertz CT molecular complexity index is 1100. The molecule has 35 heavy (non-hydrogen) atoms. The maximum absolute atomic E-state index is 15.3. The van der Waals surface area contributed by atoms with Gasteiger partial charge in [-0.2, -0.15) is 13.2 Å². The molecule has 0 bridgehead atoms. The van der Waals surface area contributed by atoms with Gasteiger partial charge >= 0.3 is 6.18 Å². The van der Waals surface area contributed by atoms with Gasteiger partial charge in [0.05, 0.1) is 0 Å². The second-order valence-electron chi connectivity index (χ2n) is 9.93. The minimum Gasteiger partial charge on any atom is -0.484 e. The monoisotopic (exact) mass is 486 g/mol. The molecule has 0 heterocycles. The van der Waals surface area contributed by atoms with E-state index >= 15 is 4.39 Å². The third kappa shape index (κ3) is 6.99. The van der Waals surface area contributed by atoms with Crippen LogP contribution in [0, 0.1) is 11.7 Å². The van der Waals surface area contributed by atoms with Crippen LogP contribution in [-0.2, 0) is 12.8 Å². The van der Waals surface area contributed by atoms with E-state index in [0.717, 1.165) is 16.9 Å². The molecule has 1 fully saturated rings. The SMILES string of the molecule is CCCCC1CCC(c2ccc3c(F)c(CCc4ccc(OCC(F)(F)F)cc4)ccc3c2)CC1. The van der Waals surface area contributed by atoms with Gasteiger partial charge in [0, 0.05) is 5.39 Å². The second kappa shape index (κ2) is 11.5. The van der Waals surface area contributed by atoms with E-state index in [1.54, 1.807) is 12.1 Å². The summed E-state index contributed by atoms with van der Waals surface area (Å²) in [6, 6.07) is 16.6. The fraction of sp³-hybridized carbons (Fsp3) is 0.467. The molecule has 1 saturated carbocycles. The van der Waals surface area contributed by atoms with Gasteiger partial charge in [-0.3, -0.25) is 0 Å². The van der Waals surface area contributed by atoms with Crippen molar-refractivity contribution in [2.45, 2.75) is 76.8 Å². The highest BCUT2D eigenvalue weighted by Gasteiger charge is 2.28. The van der Waals surface area contributed by atoms with Crippen LogP contribution < -0.4 is 4.74 Å². The van der Waals surface area contributed by atoms with E-state index in [1.807, 2.05) is 18.2 Å². The summed E-state index contributed by atoms with van der Waals surface area (Å²) in [5.41, 5.74) is 2.90. The van der Waals surface area contributed by atoms with E-state index in [2.05, 4.69) is 19.1 Å². The van der Waals surface area contributed by atoms with Gasteiger partial charge in [-0.1, -0.05) is 68.7 Å². The number of hydrogen-bond donors (Lipinski definition) is 0. The van der Waals surface area contributed by atoms with Crippen LogP contribution in [0.15, 0.2) is 54.6 Å². The summed E-state index contributed by atoms with van der Waals surface area (Å²) >= 11 is 0. The van der Waals surface area contributed by atoms with Crippen molar-refractivity contribution in [3.63, 3.8) is 0 Å². The van der Waals surface area contributed by atoms with Gasteiger partial charge in [-0.25, -0.2) is 4.39 Å². The number of fused-ring (bicyclic) bond motifs is 1. The van der Waals surface area contributed by atoms with Crippen LogP contribution in [0.4, 0.5) is 17.6 Å². The molecule has 1 aliphatic carbocycles. The van der Waals surface area contributed by atoms with Crippen molar-refractivity contribution >= 4 is 10.8 Å². The average molecular weight is 487 g/mol. The van der Waals surface area contributed by atoms with Crippen molar-refractivity contribution in [2.75, 3.05) is 6.61 Å². The number of rotatable bonds is 9. The van der Waals surface area contributed by atoms with Crippen molar-refractivity contribution in [1.29, 1.82) is 0 Å². The topological polar surface area (TPSA) is 9.23 Å². The summed E-state index contributed by atoms with van der Waals surface area (Å²) < 4.78 is 56.9. The summed E-state index contributed by atoms with van der Waals surface area (Å²) in [6.07, 6.45) is 5.75. The third-order valence-electron chi connectivity index (χ3n) is 7.35. The van der Waals surface area contributed by atoms with Gasteiger partial charge in [0.15, 0.2) is 6.61 Å². The highest BCUT2D eigenvalue weighted by atomic mass is 19.4. The van der Waals surface area contributed by atoms with Crippen molar-refractivity contribution < 1.29 is 22.3 Å². The molecule has 0 unspecified atom stereocenters. The molecule has 3 aromatic carbocycles. The lowest BCUT2D eigenvalue weighted by Crippen LogP contribution is -2.19. The molecule has 5 heteroatoms. The van der Waals surface area contributed by atoms with Gasteiger partial charge in [0.2, 0.25) is 0 Å². The standard InChI is InChI=1S/C30H34F4O/c1-2-3-4-21-5-10-23(11-6-21)25-15-18-28-26(19-25)14-13-24(29(28)31)12-7-22-8-16-27(17-9-22)35-20-30(32,33)34/h8-9,13-19,21,23H,2-7,10-12,20H2,1H3. The van der Waals surface area contributed by atoms with Gasteiger partial charge in [-0.15, -0.1) is 0 Å². The van der Waals surface area contributed by atoms with Crippen LogP contribution >= 0.6 is 0 Å². The van der Waals surface area contributed by atoms with Crippen molar-refractivity contribution in [1.82, 2.24) is 0 Å². The first kappa shape index (κ1) is 25.5. The molecule has 188 valence electrons. The lowest BCUT2D eigenvalue weighted by molar-refractivity contribution is -0.153. The molecule has 3 aromatic rings. The normalized spacial score (nSPS) is 18.7. The van der Waals surface area contributed by atoms with E-state index < -0.39 is 12.8 Å². The van der Waals surface area contributed by atoms with Crippen LogP contribution in [0.2, 0.25) is 0 Å². The number of alkyl halides is 3. The molecule has 0 amide bonds. The predicted octanol–water partition coefficient (Wildman–Crippen LogP) is 9.17. The quantitative estimate of drug-likeness (QED) is 0.274. The molecule has 0 aromatic heterocycles. The molecule has 0 spiro atoms. The molecule has 4 rings (SSSR count). The first-order valence-electron chi connectivity index (χ1n) is 12.8. The number of unbranched alkanes of at least 4 members (excludes halogenated alkanes) is 1. The van der Waals surface area contributed by atoms with Crippen LogP contribution in [0.25, 0.3) is 10.8 Å². The summed E-state index contributed by atoms with van der Waals surface area (Å²) in [4.78, 5) is 0. The number of ether oxygens (including phenoxy) is 1. The minimum absolute atomic E-state index is 0.174. The van der Waals surface area contributed by atoms with E-state index in [-0.39, 0.29) is 11.6 Å². The van der Waals surface area contributed by atoms with Gasteiger partial charge in [-0.05, 0) is 84.6 Å². The zero-order valence-electron chi connectivity index (χ0n) is 20.3. The Morgan fingerprint density at radius 2 is 1.63 bits per heavy atom. The van der Waals surface area contributed by atoms with Gasteiger partial charge in [0.1, 0.15) is 11.6 Å². The molecule has 0 atom stereocenters. The number of benzene rings is 3. The second-order valence-corrected chi connectivity index (χ2v) is 9.93. The summed E-state index contributed by atoms with van der Waals surface area (Å²) in [6.45, 7) is 0.944. The minimum atomic E-state index is -4.36. The Balaban J connectivity index is 1.36. The maximum Gasteiger partial charge on any atom is 0.422 e. The largest absolute Gasteiger partial charge is 0.484 e. The van der Waals surface area contributed by atoms with Crippen LogP contribution in [0.5, 0.6) is 5.75 Å². The van der Waals surface area contributed by atoms with Gasteiger partial charge in [0.25, 0.3) is 0 Å². The first-order chi connectivity index (χ1) is 16.8. The Morgan fingerprint density at radius 1 is 0.886 bits per heavy atom. The fourth-order valence-corrected chi connectivity index (χ4v) is 5.28. The van der Waals surface area contributed by atoms with Crippen molar-refractivity contribution in [2.24, 2.45) is 5.92 Å². The predicted molar refractivity (Wildman–Crippen MR) is 134 cm³/mol. The van der Waals surface area contributed by atoms with E-state index in [4.69, 9.17) is 4.74 Å². The maximum atomic E-state index is 15.3. The Morgan fingerprint density at radius 3 is 2.31 bits per heavy atom. The smallest absolute Gasteiger partial charge is 0.422 e. The van der Waals surface area contributed by atoms with Crippen molar-refractivity contribution in [3.05, 3.63) is 77.1 Å². The zero-order valence-corrected chi connectivity index (χ0v) is 20.3. The molecule has 0 N–H and O–H groups in total. The van der Waals surface area contributed by atoms with Crippen molar-refractivity contribution in [3.8, 4) is 5.75 Å². The van der Waals surface area contributed by atoms with E-state index in [1.165, 1.54) is 62.6 Å². The zero-order chi connectivity index (χ0) is 24.8. The first-order valence-corrected chi connectivity index (χ1v) is 12.8. The molecule has 0 aliphatic heterocycles. The molecule has 0 saturated heterocycles. The molecule has 1 nitrogen and oxygen atoms in total. The van der Waals surface area contributed by atoms with E-state index in [9.17, 15) is 13.2 Å². The lowest BCUT2D eigenvalue weighted by Gasteiger charge is -2.29. The highest BCUT2D eigenvalue weighted by Crippen LogP contribution is 2.39. The number of halogens is 4. The Kier molecular flexibility index (Phi) is 8.35. The molecule has 0 radical (unpaired) electrons. The van der Waals surface area contributed by atoms with Crippen LogP contribution in [0.3, 0.4) is 0 Å². The summed E-state index contributed by atoms with van der Waals surface area (Å²) in [7, 11) is 0. The lowest BCUT2D eigenvalue weighted by atomic mass is 9.77. The van der Waals surface area contributed by atoms with Crippen LogP contribution in [-0.4, -0.2) is 12.8 Å². The van der Waals surface area contributed by atoms with E-state index in [0.29, 0.717) is 29.7 Å². The molecule has 1 aliphatic rings. The number of hydrogen-bond acceptors (Lipinski definition) is 1. The average Bonchev–Trinajstić information content (AvgIpc) is 2.86. The molecular weight excluding hydrogens is 452 g/mol.